The maximum atomic E-state index is 11.5. The maximum Gasteiger partial charge on any atom is 0.335 e. The van der Waals surface area contributed by atoms with Crippen molar-refractivity contribution in [3.8, 4) is 0 Å². The van der Waals surface area contributed by atoms with Gasteiger partial charge in [-0.15, -0.1) is 0 Å². The van der Waals surface area contributed by atoms with E-state index >= 15 is 0 Å². The van der Waals surface area contributed by atoms with Crippen molar-refractivity contribution in [1.29, 1.82) is 0 Å². The summed E-state index contributed by atoms with van der Waals surface area (Å²) in [6.45, 7) is 0. The molecule has 1 heterocycles. The normalized spacial score (nSPS) is 11.6. The van der Waals surface area contributed by atoms with Crippen LogP contribution in [0.1, 0.15) is 16.8 Å². The van der Waals surface area contributed by atoms with Crippen molar-refractivity contribution in [1.82, 2.24) is 5.32 Å². The number of nitrogens with one attached hydrogen (secondary N) is 1. The summed E-state index contributed by atoms with van der Waals surface area (Å²) < 4.78 is 4.42. The van der Waals surface area contributed by atoms with Crippen LogP contribution < -0.4 is 10.9 Å². The number of rotatable bonds is 5. The minimum absolute atomic E-state index is 0.0776. The van der Waals surface area contributed by atoms with Gasteiger partial charge >= 0.3 is 17.6 Å². The average molecular weight is 255 g/mol. The third-order valence-corrected chi connectivity index (χ3v) is 1.95. The molecule has 18 heavy (non-hydrogen) atoms. The van der Waals surface area contributed by atoms with Gasteiger partial charge in [0, 0.05) is 6.07 Å². The second-order valence-electron chi connectivity index (χ2n) is 3.31. The molecule has 3 N–H and O–H groups in total. The Morgan fingerprint density at radius 1 is 1.28 bits per heavy atom. The zero-order chi connectivity index (χ0) is 13.7. The van der Waals surface area contributed by atoms with E-state index in [4.69, 9.17) is 10.2 Å². The summed E-state index contributed by atoms with van der Waals surface area (Å²) >= 11 is 0. The van der Waals surface area contributed by atoms with Gasteiger partial charge in [0.1, 0.15) is 12.3 Å². The number of carboxylic acids is 2. The van der Waals surface area contributed by atoms with Crippen molar-refractivity contribution in [2.24, 2.45) is 0 Å². The molecule has 1 atom stereocenters. The van der Waals surface area contributed by atoms with Crippen LogP contribution in [-0.4, -0.2) is 34.1 Å². The summed E-state index contributed by atoms with van der Waals surface area (Å²) in [5, 5.41) is 19.2. The van der Waals surface area contributed by atoms with Gasteiger partial charge < -0.3 is 19.9 Å². The van der Waals surface area contributed by atoms with E-state index in [9.17, 15) is 19.2 Å². The van der Waals surface area contributed by atoms with Gasteiger partial charge in [-0.2, -0.15) is 0 Å². The molecule has 0 unspecified atom stereocenters. The van der Waals surface area contributed by atoms with Crippen LogP contribution in [-0.2, 0) is 9.59 Å². The number of hydrogen-bond acceptors (Lipinski definition) is 5. The lowest BCUT2D eigenvalue weighted by atomic mass is 10.2. The van der Waals surface area contributed by atoms with Gasteiger partial charge in [-0.1, -0.05) is 0 Å². The van der Waals surface area contributed by atoms with Crippen molar-refractivity contribution in [3.05, 3.63) is 34.4 Å². The highest BCUT2D eigenvalue weighted by atomic mass is 16.4. The van der Waals surface area contributed by atoms with Gasteiger partial charge in [-0.25, -0.2) is 9.59 Å². The van der Waals surface area contributed by atoms with E-state index in [1.807, 2.05) is 5.32 Å². The minimum atomic E-state index is -1.55. The molecule has 0 aromatic carbocycles. The van der Waals surface area contributed by atoms with Crippen molar-refractivity contribution in [3.63, 3.8) is 0 Å². The second-order valence-corrected chi connectivity index (χ2v) is 3.31. The second kappa shape index (κ2) is 5.62. The van der Waals surface area contributed by atoms with Crippen molar-refractivity contribution < 1.29 is 29.0 Å². The Labute approximate surface area is 99.8 Å². The Bertz CT molecular complexity index is 513. The van der Waals surface area contributed by atoms with Gasteiger partial charge in [-0.05, 0) is 6.07 Å². The van der Waals surface area contributed by atoms with E-state index < -0.39 is 35.9 Å². The molecule has 1 amide bonds. The summed E-state index contributed by atoms with van der Waals surface area (Å²) in [4.78, 5) is 43.3. The Hall–Kier alpha value is -2.64. The molecular formula is C10H9NO7. The lowest BCUT2D eigenvalue weighted by Gasteiger charge is -2.11. The number of carboxylic acid groups (broad SMARTS) is 2. The van der Waals surface area contributed by atoms with Crippen LogP contribution in [0.25, 0.3) is 0 Å². The third kappa shape index (κ3) is 3.74. The number of carbonyl (C=O) groups is 3. The molecule has 0 saturated carbocycles. The van der Waals surface area contributed by atoms with Gasteiger partial charge in [0.05, 0.1) is 12.0 Å². The number of carbonyl (C=O) groups excluding carboxylic acids is 1. The largest absolute Gasteiger partial charge is 0.481 e. The van der Waals surface area contributed by atoms with E-state index in [1.165, 1.54) is 0 Å². The lowest BCUT2D eigenvalue weighted by molar-refractivity contribution is -0.145. The quantitative estimate of drug-likeness (QED) is 0.633. The maximum absolute atomic E-state index is 11.5. The molecule has 0 radical (unpaired) electrons. The van der Waals surface area contributed by atoms with Crippen molar-refractivity contribution in [2.45, 2.75) is 12.5 Å². The van der Waals surface area contributed by atoms with Crippen LogP contribution in [0.5, 0.6) is 0 Å². The summed E-state index contributed by atoms with van der Waals surface area (Å²) in [7, 11) is 0. The number of hydrogen-bond donors (Lipinski definition) is 3. The smallest absolute Gasteiger partial charge is 0.335 e. The predicted molar refractivity (Wildman–Crippen MR) is 56.1 cm³/mol. The molecule has 0 bridgehead atoms. The van der Waals surface area contributed by atoms with Crippen LogP contribution in [0.2, 0.25) is 0 Å². The first-order valence-corrected chi connectivity index (χ1v) is 4.74. The highest BCUT2D eigenvalue weighted by Gasteiger charge is 2.23. The molecule has 96 valence electrons. The van der Waals surface area contributed by atoms with Crippen LogP contribution in [0.15, 0.2) is 27.6 Å². The summed E-state index contributed by atoms with van der Waals surface area (Å²) in [6.07, 6.45) is 0.106. The van der Waals surface area contributed by atoms with E-state index in [0.29, 0.717) is 0 Å². The SMILES string of the molecule is O=C(O)C[C@H](NC(=O)c1ccc(=O)oc1)C(=O)O. The first-order chi connectivity index (χ1) is 8.40. The molecule has 8 nitrogen and oxygen atoms in total. The van der Waals surface area contributed by atoms with Crippen molar-refractivity contribution in [2.75, 3.05) is 0 Å². The Morgan fingerprint density at radius 2 is 1.94 bits per heavy atom. The highest BCUT2D eigenvalue weighted by molar-refractivity contribution is 5.96. The summed E-state index contributed by atoms with van der Waals surface area (Å²) in [5.74, 6) is -3.67. The molecule has 0 saturated heterocycles. The summed E-state index contributed by atoms with van der Waals surface area (Å²) in [5.41, 5.74) is -0.738. The van der Waals surface area contributed by atoms with E-state index in [0.717, 1.165) is 18.4 Å². The lowest BCUT2D eigenvalue weighted by Crippen LogP contribution is -2.42. The molecule has 0 aliphatic heterocycles. The van der Waals surface area contributed by atoms with Crippen molar-refractivity contribution >= 4 is 17.8 Å². The fourth-order valence-electron chi connectivity index (χ4n) is 1.10. The third-order valence-electron chi connectivity index (χ3n) is 1.95. The molecule has 1 aromatic heterocycles. The first-order valence-electron chi connectivity index (χ1n) is 4.74. The zero-order valence-corrected chi connectivity index (χ0v) is 8.95. The number of amides is 1. The van der Waals surface area contributed by atoms with E-state index in [2.05, 4.69) is 4.42 Å². The monoisotopic (exact) mass is 255 g/mol. The van der Waals surface area contributed by atoms with E-state index in [1.54, 1.807) is 0 Å². The van der Waals surface area contributed by atoms with Crippen LogP contribution >= 0.6 is 0 Å². The zero-order valence-electron chi connectivity index (χ0n) is 8.95. The van der Waals surface area contributed by atoms with Gasteiger partial charge in [0.25, 0.3) is 5.91 Å². The van der Waals surface area contributed by atoms with Crippen LogP contribution in [0.4, 0.5) is 0 Å². The predicted octanol–water partition coefficient (Wildman–Crippen LogP) is -0.703. The van der Waals surface area contributed by atoms with Gasteiger partial charge in [0.15, 0.2) is 0 Å². The average Bonchev–Trinajstić information content (AvgIpc) is 2.28. The Kier molecular flexibility index (Phi) is 4.19. The summed E-state index contributed by atoms with van der Waals surface area (Å²) in [6, 6.07) is 0.574. The molecule has 0 aliphatic rings. The fraction of sp³-hybridized carbons (Fsp3) is 0.200. The molecular weight excluding hydrogens is 246 g/mol. The van der Waals surface area contributed by atoms with Crippen LogP contribution in [0.3, 0.4) is 0 Å². The fourth-order valence-corrected chi connectivity index (χ4v) is 1.10. The molecule has 8 heteroatoms. The Morgan fingerprint density at radius 3 is 2.39 bits per heavy atom. The van der Waals surface area contributed by atoms with Gasteiger partial charge in [0.2, 0.25) is 0 Å². The molecule has 1 rings (SSSR count). The topological polar surface area (TPSA) is 134 Å². The Balaban J connectivity index is 2.78. The van der Waals surface area contributed by atoms with Crippen LogP contribution in [0, 0.1) is 0 Å². The molecule has 0 aliphatic carbocycles. The van der Waals surface area contributed by atoms with Gasteiger partial charge in [-0.3, -0.25) is 9.59 Å². The number of aliphatic carboxylic acids is 2. The standard InChI is InChI=1S/C10H9NO7/c12-7(13)3-6(10(16)17)11-9(15)5-1-2-8(14)18-4-5/h1-2,4,6H,3H2,(H,11,15)(H,12,13)(H,16,17)/t6-/m0/s1. The minimum Gasteiger partial charge on any atom is -0.481 e. The molecule has 0 fully saturated rings. The highest BCUT2D eigenvalue weighted by Crippen LogP contribution is 1.99. The first kappa shape index (κ1) is 13.4. The van der Waals surface area contributed by atoms with E-state index in [-0.39, 0.29) is 5.56 Å². The molecule has 1 aromatic rings. The molecule has 0 spiro atoms.